The van der Waals surface area contributed by atoms with Gasteiger partial charge in [0.25, 0.3) is 0 Å². The van der Waals surface area contributed by atoms with Crippen molar-refractivity contribution in [3.63, 3.8) is 0 Å². The van der Waals surface area contributed by atoms with Crippen LogP contribution in [-0.4, -0.2) is 12.2 Å². The minimum Gasteiger partial charge on any atom is -0.464 e. The van der Waals surface area contributed by atoms with Crippen molar-refractivity contribution in [2.45, 2.75) is 26.5 Å². The van der Waals surface area contributed by atoms with Crippen LogP contribution in [0.25, 0.3) is 0 Å². The van der Waals surface area contributed by atoms with Crippen molar-refractivity contribution in [1.29, 1.82) is 0 Å². The average molecular weight is 263 g/mol. The zero-order valence-corrected chi connectivity index (χ0v) is 11.4. The molecule has 1 atom stereocenters. The molecule has 1 aromatic carbocycles. The molecule has 2 rings (SSSR count). The number of aryl methyl sites for hydroxylation is 1. The second-order valence-corrected chi connectivity index (χ2v) is 4.72. The number of nitrogens with zero attached hydrogens (tertiary/aromatic N) is 1. The molecular formula is C15H18FNO2. The van der Waals surface area contributed by atoms with Gasteiger partial charge in [0.2, 0.25) is 0 Å². The summed E-state index contributed by atoms with van der Waals surface area (Å²) in [5.74, 6) is 1.26. The maximum Gasteiger partial charge on any atom is 0.131 e. The smallest absolute Gasteiger partial charge is 0.131 e. The van der Waals surface area contributed by atoms with E-state index in [2.05, 4.69) is 0 Å². The van der Waals surface area contributed by atoms with Crippen LogP contribution in [-0.2, 0) is 6.54 Å². The van der Waals surface area contributed by atoms with Crippen LogP contribution < -0.4 is 4.90 Å². The lowest BCUT2D eigenvalue weighted by molar-refractivity contribution is 0.194. The van der Waals surface area contributed by atoms with E-state index >= 15 is 0 Å². The van der Waals surface area contributed by atoms with Crippen LogP contribution in [0.2, 0.25) is 0 Å². The summed E-state index contributed by atoms with van der Waals surface area (Å²) < 4.78 is 19.3. The van der Waals surface area contributed by atoms with E-state index < -0.39 is 11.9 Å². The normalized spacial score (nSPS) is 12.5. The Bertz CT molecular complexity index is 563. The second-order valence-electron chi connectivity index (χ2n) is 4.72. The molecule has 3 nitrogen and oxygen atoms in total. The predicted octanol–water partition coefficient (Wildman–Crippen LogP) is 3.42. The Morgan fingerprint density at radius 3 is 2.63 bits per heavy atom. The van der Waals surface area contributed by atoms with E-state index in [0.717, 1.165) is 11.5 Å². The number of anilines is 1. The van der Waals surface area contributed by atoms with Gasteiger partial charge in [-0.3, -0.25) is 0 Å². The third-order valence-corrected chi connectivity index (χ3v) is 3.05. The van der Waals surface area contributed by atoms with E-state index in [1.807, 2.05) is 31.0 Å². The summed E-state index contributed by atoms with van der Waals surface area (Å²) in [4.78, 5) is 1.86. The first kappa shape index (κ1) is 13.6. The lowest BCUT2D eigenvalue weighted by atomic mass is 10.1. The summed E-state index contributed by atoms with van der Waals surface area (Å²) in [7, 11) is 1.85. The van der Waals surface area contributed by atoms with Crippen LogP contribution in [0.3, 0.4) is 0 Å². The van der Waals surface area contributed by atoms with Crippen LogP contribution in [0, 0.1) is 12.7 Å². The molecule has 1 heterocycles. The fourth-order valence-electron chi connectivity index (χ4n) is 2.16. The van der Waals surface area contributed by atoms with Crippen molar-refractivity contribution in [3.05, 3.63) is 53.2 Å². The Morgan fingerprint density at radius 1 is 1.32 bits per heavy atom. The maximum atomic E-state index is 13.8. The number of rotatable bonds is 4. The summed E-state index contributed by atoms with van der Waals surface area (Å²) >= 11 is 0. The minimum atomic E-state index is -0.850. The number of aliphatic hydroxyl groups is 1. The van der Waals surface area contributed by atoms with E-state index in [-0.39, 0.29) is 0 Å². The highest BCUT2D eigenvalue weighted by Crippen LogP contribution is 2.29. The molecule has 0 saturated carbocycles. The molecule has 0 fully saturated rings. The molecule has 0 spiro atoms. The van der Waals surface area contributed by atoms with Crippen LogP contribution in [0.1, 0.15) is 30.1 Å². The van der Waals surface area contributed by atoms with Crippen molar-refractivity contribution in [3.8, 4) is 0 Å². The average Bonchev–Trinajstić information content (AvgIpc) is 2.73. The first-order valence-electron chi connectivity index (χ1n) is 6.22. The van der Waals surface area contributed by atoms with Gasteiger partial charge in [-0.2, -0.15) is 0 Å². The van der Waals surface area contributed by atoms with Crippen molar-refractivity contribution < 1.29 is 13.9 Å². The Hall–Kier alpha value is -1.81. The first-order chi connectivity index (χ1) is 8.99. The lowest BCUT2D eigenvalue weighted by Crippen LogP contribution is -2.19. The van der Waals surface area contributed by atoms with Gasteiger partial charge in [-0.25, -0.2) is 4.39 Å². The van der Waals surface area contributed by atoms with Gasteiger partial charge in [-0.1, -0.05) is 6.07 Å². The van der Waals surface area contributed by atoms with Gasteiger partial charge in [0.1, 0.15) is 17.3 Å². The maximum absolute atomic E-state index is 13.8. The minimum absolute atomic E-state index is 0.313. The summed E-state index contributed by atoms with van der Waals surface area (Å²) in [5.41, 5.74) is 0.984. The van der Waals surface area contributed by atoms with Gasteiger partial charge < -0.3 is 14.4 Å². The summed E-state index contributed by atoms with van der Waals surface area (Å²) in [6.07, 6.45) is -0.850. The third-order valence-electron chi connectivity index (χ3n) is 3.05. The van der Waals surface area contributed by atoms with Gasteiger partial charge in [-0.05, 0) is 38.1 Å². The van der Waals surface area contributed by atoms with E-state index in [4.69, 9.17) is 4.42 Å². The predicted molar refractivity (Wildman–Crippen MR) is 72.6 cm³/mol. The highest BCUT2D eigenvalue weighted by molar-refractivity contribution is 5.54. The molecule has 0 bridgehead atoms. The quantitative estimate of drug-likeness (QED) is 0.918. The van der Waals surface area contributed by atoms with Crippen LogP contribution in [0.5, 0.6) is 0 Å². The third kappa shape index (κ3) is 2.96. The summed E-state index contributed by atoms with van der Waals surface area (Å²) in [5, 5.41) is 9.71. The van der Waals surface area contributed by atoms with E-state index in [1.165, 1.54) is 6.07 Å². The second kappa shape index (κ2) is 5.45. The lowest BCUT2D eigenvalue weighted by Gasteiger charge is -2.23. The SMILES string of the molecule is Cc1ccc(CN(C)c2cccc(F)c2[C@@H](C)O)o1. The molecule has 0 amide bonds. The van der Waals surface area contributed by atoms with Gasteiger partial charge in [0, 0.05) is 18.3 Å². The molecule has 19 heavy (non-hydrogen) atoms. The number of benzene rings is 1. The van der Waals surface area contributed by atoms with E-state index in [1.54, 1.807) is 19.1 Å². The molecule has 0 radical (unpaired) electrons. The van der Waals surface area contributed by atoms with Gasteiger partial charge >= 0.3 is 0 Å². The van der Waals surface area contributed by atoms with E-state index in [9.17, 15) is 9.50 Å². The number of hydrogen-bond acceptors (Lipinski definition) is 3. The topological polar surface area (TPSA) is 36.6 Å². The highest BCUT2D eigenvalue weighted by Gasteiger charge is 2.17. The molecule has 2 aromatic rings. The molecule has 0 aliphatic carbocycles. The Labute approximate surface area is 112 Å². The van der Waals surface area contributed by atoms with Crippen molar-refractivity contribution in [2.24, 2.45) is 0 Å². The molecular weight excluding hydrogens is 245 g/mol. The largest absolute Gasteiger partial charge is 0.464 e. The number of halogens is 1. The molecule has 4 heteroatoms. The standard InChI is InChI=1S/C15H18FNO2/c1-10-7-8-12(19-10)9-17(3)14-6-4-5-13(16)15(14)11(2)18/h4-8,11,18H,9H2,1-3H3/t11-/m1/s1. The highest BCUT2D eigenvalue weighted by atomic mass is 19.1. The number of hydrogen-bond donors (Lipinski definition) is 1. The molecule has 102 valence electrons. The summed E-state index contributed by atoms with van der Waals surface area (Å²) in [6, 6.07) is 8.58. The monoisotopic (exact) mass is 263 g/mol. The van der Waals surface area contributed by atoms with Crippen LogP contribution in [0.4, 0.5) is 10.1 Å². The fraction of sp³-hybridized carbons (Fsp3) is 0.333. The van der Waals surface area contributed by atoms with E-state index in [0.29, 0.717) is 17.8 Å². The Morgan fingerprint density at radius 2 is 2.05 bits per heavy atom. The molecule has 0 saturated heterocycles. The fourth-order valence-corrected chi connectivity index (χ4v) is 2.16. The number of aliphatic hydroxyl groups excluding tert-OH is 1. The van der Waals surface area contributed by atoms with Crippen LogP contribution in [0.15, 0.2) is 34.7 Å². The molecule has 0 unspecified atom stereocenters. The van der Waals surface area contributed by atoms with Crippen molar-refractivity contribution in [2.75, 3.05) is 11.9 Å². The molecule has 1 N–H and O–H groups in total. The van der Waals surface area contributed by atoms with Gasteiger partial charge in [0.15, 0.2) is 0 Å². The molecule has 1 aromatic heterocycles. The Balaban J connectivity index is 2.28. The van der Waals surface area contributed by atoms with Gasteiger partial charge in [-0.15, -0.1) is 0 Å². The zero-order chi connectivity index (χ0) is 14.0. The first-order valence-corrected chi connectivity index (χ1v) is 6.22. The van der Waals surface area contributed by atoms with Crippen molar-refractivity contribution >= 4 is 5.69 Å². The van der Waals surface area contributed by atoms with Crippen molar-refractivity contribution in [1.82, 2.24) is 0 Å². The number of furan rings is 1. The van der Waals surface area contributed by atoms with Crippen LogP contribution >= 0.6 is 0 Å². The zero-order valence-electron chi connectivity index (χ0n) is 11.4. The molecule has 0 aliphatic heterocycles. The molecule has 0 aliphatic rings. The summed E-state index contributed by atoms with van der Waals surface area (Å²) in [6.45, 7) is 3.97. The van der Waals surface area contributed by atoms with Gasteiger partial charge in [0.05, 0.1) is 12.6 Å². The Kier molecular flexibility index (Phi) is 3.90.